The van der Waals surface area contributed by atoms with Crippen molar-refractivity contribution in [1.82, 2.24) is 10.2 Å². The van der Waals surface area contributed by atoms with E-state index in [0.717, 1.165) is 12.8 Å². The molecule has 1 unspecified atom stereocenters. The molecule has 1 aliphatic carbocycles. The molecule has 1 amide bonds. The molecule has 3 heteroatoms. The molecule has 1 saturated carbocycles. The summed E-state index contributed by atoms with van der Waals surface area (Å²) in [6.45, 7) is 0.687. The Morgan fingerprint density at radius 1 is 1.20 bits per heavy atom. The number of carbonyl (C=O) groups excluding carboxylic acids is 1. The first-order valence-corrected chi connectivity index (χ1v) is 7.67. The second kappa shape index (κ2) is 7.44. The van der Waals surface area contributed by atoms with Crippen molar-refractivity contribution in [2.75, 3.05) is 20.6 Å². The summed E-state index contributed by atoms with van der Waals surface area (Å²) in [6, 6.07) is 10.6. The molecule has 110 valence electrons. The van der Waals surface area contributed by atoms with Gasteiger partial charge in [0, 0.05) is 12.5 Å². The van der Waals surface area contributed by atoms with Crippen molar-refractivity contribution in [3.63, 3.8) is 0 Å². The molecule has 1 fully saturated rings. The minimum absolute atomic E-state index is 0.238. The van der Waals surface area contributed by atoms with Crippen molar-refractivity contribution in [2.24, 2.45) is 5.92 Å². The lowest BCUT2D eigenvalue weighted by Crippen LogP contribution is -2.38. The Balaban J connectivity index is 1.91. The van der Waals surface area contributed by atoms with Crippen LogP contribution in [0.25, 0.3) is 0 Å². The Kier molecular flexibility index (Phi) is 5.60. The molecular formula is C17H26N2O. The van der Waals surface area contributed by atoms with Crippen LogP contribution in [0, 0.1) is 5.92 Å². The van der Waals surface area contributed by atoms with Crippen LogP contribution in [-0.4, -0.2) is 31.4 Å². The van der Waals surface area contributed by atoms with Crippen LogP contribution in [0.4, 0.5) is 0 Å². The van der Waals surface area contributed by atoms with Gasteiger partial charge in [-0.15, -0.1) is 0 Å². The average Bonchev–Trinajstić information content (AvgIpc) is 2.49. The van der Waals surface area contributed by atoms with Crippen molar-refractivity contribution < 1.29 is 4.79 Å². The Bertz CT molecular complexity index is 410. The maximum absolute atomic E-state index is 12.2. The number of benzene rings is 1. The monoisotopic (exact) mass is 274 g/mol. The van der Waals surface area contributed by atoms with Gasteiger partial charge >= 0.3 is 0 Å². The van der Waals surface area contributed by atoms with Crippen LogP contribution in [-0.2, 0) is 4.79 Å². The molecule has 0 aliphatic heterocycles. The molecule has 0 bridgehead atoms. The zero-order chi connectivity index (χ0) is 14.4. The topological polar surface area (TPSA) is 32.3 Å². The first kappa shape index (κ1) is 15.0. The zero-order valence-electron chi connectivity index (χ0n) is 12.6. The van der Waals surface area contributed by atoms with E-state index < -0.39 is 0 Å². The summed E-state index contributed by atoms with van der Waals surface area (Å²) in [7, 11) is 4.12. The number of hydrogen-bond donors (Lipinski definition) is 1. The highest BCUT2D eigenvalue weighted by atomic mass is 16.1. The summed E-state index contributed by atoms with van der Waals surface area (Å²) < 4.78 is 0. The predicted octanol–water partition coefficient (Wildman–Crippen LogP) is 2.99. The Morgan fingerprint density at radius 2 is 1.85 bits per heavy atom. The van der Waals surface area contributed by atoms with Crippen LogP contribution in [0.2, 0.25) is 0 Å². The van der Waals surface area contributed by atoms with E-state index in [4.69, 9.17) is 0 Å². The van der Waals surface area contributed by atoms with Crippen molar-refractivity contribution in [2.45, 2.75) is 38.1 Å². The van der Waals surface area contributed by atoms with Gasteiger partial charge in [-0.25, -0.2) is 0 Å². The minimum Gasteiger partial charge on any atom is -0.354 e. The van der Waals surface area contributed by atoms with Crippen molar-refractivity contribution in [3.8, 4) is 0 Å². The molecule has 0 heterocycles. The van der Waals surface area contributed by atoms with Crippen LogP contribution in [0.5, 0.6) is 0 Å². The van der Waals surface area contributed by atoms with Gasteiger partial charge in [-0.1, -0.05) is 49.6 Å². The fraction of sp³-hybridized carbons (Fsp3) is 0.588. The molecule has 1 N–H and O–H groups in total. The van der Waals surface area contributed by atoms with E-state index in [1.54, 1.807) is 0 Å². The molecule has 3 nitrogen and oxygen atoms in total. The molecule has 1 aliphatic rings. The third-order valence-electron chi connectivity index (χ3n) is 4.25. The van der Waals surface area contributed by atoms with Crippen LogP contribution < -0.4 is 5.32 Å². The molecule has 1 aromatic rings. The third kappa shape index (κ3) is 4.07. The standard InChI is InChI=1S/C17H26N2O/c1-19(2)16(14-9-5-3-6-10-14)13-18-17(20)15-11-7-4-8-12-15/h3,5-6,9-10,15-16H,4,7-8,11-13H2,1-2H3,(H,18,20). The van der Waals surface area contributed by atoms with E-state index in [0.29, 0.717) is 6.54 Å². The van der Waals surface area contributed by atoms with Crippen molar-refractivity contribution in [3.05, 3.63) is 35.9 Å². The summed E-state index contributed by atoms with van der Waals surface area (Å²) in [5, 5.41) is 3.15. The van der Waals surface area contributed by atoms with E-state index >= 15 is 0 Å². The highest BCUT2D eigenvalue weighted by molar-refractivity contribution is 5.78. The maximum atomic E-state index is 12.2. The Hall–Kier alpha value is -1.35. The summed E-state index contributed by atoms with van der Waals surface area (Å²) in [6.07, 6.45) is 5.81. The molecule has 0 saturated heterocycles. The lowest BCUT2D eigenvalue weighted by molar-refractivity contribution is -0.126. The van der Waals surface area contributed by atoms with Crippen molar-refractivity contribution in [1.29, 1.82) is 0 Å². The Labute approximate surface area is 122 Å². The quantitative estimate of drug-likeness (QED) is 0.895. The average molecular weight is 274 g/mol. The summed E-state index contributed by atoms with van der Waals surface area (Å²) in [4.78, 5) is 14.4. The number of likely N-dealkylation sites (N-methyl/N-ethyl adjacent to an activating group) is 1. The third-order valence-corrected chi connectivity index (χ3v) is 4.25. The molecule has 20 heavy (non-hydrogen) atoms. The van der Waals surface area contributed by atoms with E-state index in [9.17, 15) is 4.79 Å². The maximum Gasteiger partial charge on any atom is 0.223 e. The van der Waals surface area contributed by atoms with Gasteiger partial charge in [-0.2, -0.15) is 0 Å². The molecule has 0 spiro atoms. The van der Waals surface area contributed by atoms with Gasteiger partial charge in [0.25, 0.3) is 0 Å². The molecular weight excluding hydrogens is 248 g/mol. The number of nitrogens with zero attached hydrogens (tertiary/aromatic N) is 1. The lowest BCUT2D eigenvalue weighted by atomic mass is 9.88. The lowest BCUT2D eigenvalue weighted by Gasteiger charge is -2.27. The molecule has 1 atom stereocenters. The van der Waals surface area contributed by atoms with Crippen molar-refractivity contribution >= 4 is 5.91 Å². The second-order valence-electron chi connectivity index (χ2n) is 5.97. The molecule has 0 aromatic heterocycles. The largest absolute Gasteiger partial charge is 0.354 e. The minimum atomic E-state index is 0.238. The van der Waals surface area contributed by atoms with Gasteiger partial charge < -0.3 is 10.2 Å². The smallest absolute Gasteiger partial charge is 0.223 e. The van der Waals surface area contributed by atoms with Crippen LogP contribution in [0.15, 0.2) is 30.3 Å². The zero-order valence-corrected chi connectivity index (χ0v) is 12.6. The first-order valence-electron chi connectivity index (χ1n) is 7.67. The van der Waals surface area contributed by atoms with Gasteiger partial charge in [0.15, 0.2) is 0 Å². The fourth-order valence-corrected chi connectivity index (χ4v) is 2.98. The summed E-state index contributed by atoms with van der Waals surface area (Å²) >= 11 is 0. The van der Waals surface area contributed by atoms with E-state index in [1.807, 2.05) is 6.07 Å². The number of amides is 1. The highest BCUT2D eigenvalue weighted by Gasteiger charge is 2.22. The summed E-state index contributed by atoms with van der Waals surface area (Å²) in [5.41, 5.74) is 1.25. The number of rotatable bonds is 5. The van der Waals surface area contributed by atoms with Gasteiger partial charge in [0.05, 0.1) is 6.04 Å². The first-order chi connectivity index (χ1) is 9.68. The summed E-state index contributed by atoms with van der Waals surface area (Å²) in [5.74, 6) is 0.481. The number of carbonyl (C=O) groups is 1. The second-order valence-corrected chi connectivity index (χ2v) is 5.97. The number of nitrogens with one attached hydrogen (secondary N) is 1. The van der Waals surface area contributed by atoms with E-state index in [1.165, 1.54) is 24.8 Å². The van der Waals surface area contributed by atoms with Gasteiger partial charge in [0.1, 0.15) is 0 Å². The predicted molar refractivity (Wildman–Crippen MR) is 82.5 cm³/mol. The number of hydrogen-bond acceptors (Lipinski definition) is 2. The van der Waals surface area contributed by atoms with E-state index in [2.05, 4.69) is 48.6 Å². The molecule has 1 aromatic carbocycles. The Morgan fingerprint density at radius 3 is 2.45 bits per heavy atom. The highest BCUT2D eigenvalue weighted by Crippen LogP contribution is 2.24. The molecule has 0 radical (unpaired) electrons. The van der Waals surface area contributed by atoms with Crippen LogP contribution >= 0.6 is 0 Å². The van der Waals surface area contributed by atoms with Crippen LogP contribution in [0.1, 0.15) is 43.7 Å². The fourth-order valence-electron chi connectivity index (χ4n) is 2.98. The molecule has 2 rings (SSSR count). The normalized spacial score (nSPS) is 17.9. The van der Waals surface area contributed by atoms with E-state index in [-0.39, 0.29) is 17.9 Å². The van der Waals surface area contributed by atoms with Gasteiger partial charge in [-0.05, 0) is 32.5 Å². The van der Waals surface area contributed by atoms with Gasteiger partial charge in [0.2, 0.25) is 5.91 Å². The SMILES string of the molecule is CN(C)C(CNC(=O)C1CCCCC1)c1ccccc1. The van der Waals surface area contributed by atoms with Crippen LogP contribution in [0.3, 0.4) is 0 Å². The van der Waals surface area contributed by atoms with Gasteiger partial charge in [-0.3, -0.25) is 4.79 Å².